The van der Waals surface area contributed by atoms with Crippen LogP contribution in [0.5, 0.6) is 0 Å². The number of aromatic nitrogens is 2. The van der Waals surface area contributed by atoms with Crippen molar-refractivity contribution in [1.29, 1.82) is 0 Å². The first-order chi connectivity index (χ1) is 8.08. The van der Waals surface area contributed by atoms with Gasteiger partial charge in [0.1, 0.15) is 0 Å². The molecule has 0 spiro atoms. The minimum absolute atomic E-state index is 0.304. The van der Waals surface area contributed by atoms with Crippen LogP contribution in [0.15, 0.2) is 17.6 Å². The average Bonchev–Trinajstić information content (AvgIpc) is 2.86. The molecule has 1 unspecified atom stereocenters. The van der Waals surface area contributed by atoms with E-state index in [0.29, 0.717) is 6.04 Å². The van der Waals surface area contributed by atoms with E-state index in [9.17, 15) is 0 Å². The molecule has 1 N–H and O–H groups in total. The zero-order valence-corrected chi connectivity index (χ0v) is 11.8. The quantitative estimate of drug-likeness (QED) is 0.923. The van der Waals surface area contributed by atoms with Gasteiger partial charge in [0, 0.05) is 30.9 Å². The maximum absolute atomic E-state index is 5.93. The Labute approximate surface area is 110 Å². The topological polar surface area (TPSA) is 29.9 Å². The summed E-state index contributed by atoms with van der Waals surface area (Å²) >= 11 is 7.50. The highest BCUT2D eigenvalue weighted by Crippen LogP contribution is 2.24. The lowest BCUT2D eigenvalue weighted by atomic mass is 10.1. The normalized spacial score (nSPS) is 12.9. The average molecular weight is 270 g/mol. The van der Waals surface area contributed by atoms with Crippen LogP contribution in [0.2, 0.25) is 4.34 Å². The lowest BCUT2D eigenvalue weighted by Crippen LogP contribution is -2.17. The minimum atomic E-state index is 0.304. The molecule has 2 aromatic heterocycles. The molecule has 5 heteroatoms. The molecule has 0 bridgehead atoms. The van der Waals surface area contributed by atoms with Crippen molar-refractivity contribution in [1.82, 2.24) is 15.1 Å². The second-order valence-electron chi connectivity index (χ2n) is 4.17. The van der Waals surface area contributed by atoms with Gasteiger partial charge in [0.05, 0.1) is 10.5 Å². The molecule has 92 valence electrons. The Bertz CT molecular complexity index is 504. The number of halogens is 1. The highest BCUT2D eigenvalue weighted by molar-refractivity contribution is 7.14. The fourth-order valence-corrected chi connectivity index (χ4v) is 2.63. The molecule has 0 radical (unpaired) electrons. The van der Waals surface area contributed by atoms with Crippen LogP contribution in [0.3, 0.4) is 0 Å². The van der Waals surface area contributed by atoms with E-state index in [1.165, 1.54) is 16.8 Å². The maximum Gasteiger partial charge on any atom is 0.0931 e. The van der Waals surface area contributed by atoms with Gasteiger partial charge >= 0.3 is 0 Å². The lowest BCUT2D eigenvalue weighted by Gasteiger charge is -2.12. The summed E-state index contributed by atoms with van der Waals surface area (Å²) in [5.74, 6) is 0. The van der Waals surface area contributed by atoms with Gasteiger partial charge in [-0.05, 0) is 30.9 Å². The molecule has 2 rings (SSSR count). The van der Waals surface area contributed by atoms with E-state index in [-0.39, 0.29) is 0 Å². The van der Waals surface area contributed by atoms with Gasteiger partial charge in [0.15, 0.2) is 0 Å². The second-order valence-corrected chi connectivity index (χ2v) is 5.71. The van der Waals surface area contributed by atoms with Gasteiger partial charge in [-0.15, -0.1) is 11.3 Å². The van der Waals surface area contributed by atoms with E-state index in [0.717, 1.165) is 10.9 Å². The Hall–Kier alpha value is -0.840. The van der Waals surface area contributed by atoms with E-state index in [4.69, 9.17) is 11.6 Å². The monoisotopic (exact) mass is 269 g/mol. The zero-order chi connectivity index (χ0) is 12.4. The predicted octanol–water partition coefficient (Wildman–Crippen LogP) is 3.29. The Morgan fingerprint density at radius 2 is 2.35 bits per heavy atom. The Morgan fingerprint density at radius 3 is 2.88 bits per heavy atom. The molecule has 0 saturated heterocycles. The third-order valence-electron chi connectivity index (χ3n) is 3.02. The molecule has 1 atom stereocenters. The predicted molar refractivity (Wildman–Crippen MR) is 72.5 cm³/mol. The highest BCUT2D eigenvalue weighted by atomic mass is 35.5. The first kappa shape index (κ1) is 12.6. The second kappa shape index (κ2) is 5.21. The minimum Gasteiger partial charge on any atom is -0.306 e. The van der Waals surface area contributed by atoms with Crippen molar-refractivity contribution in [3.8, 4) is 0 Å². The molecule has 0 amide bonds. The molecule has 0 aliphatic rings. The van der Waals surface area contributed by atoms with Crippen molar-refractivity contribution in [3.05, 3.63) is 38.8 Å². The first-order valence-corrected chi connectivity index (χ1v) is 6.78. The number of hydrogen-bond acceptors (Lipinski definition) is 3. The smallest absolute Gasteiger partial charge is 0.0931 e. The van der Waals surface area contributed by atoms with E-state index in [2.05, 4.69) is 29.6 Å². The van der Waals surface area contributed by atoms with E-state index in [1.807, 2.05) is 24.0 Å². The molecule has 0 aliphatic carbocycles. The number of rotatable bonds is 4. The standard InChI is InChI=1S/C12H16ClN3S/c1-8(10-4-12(13)17-7-10)14-5-11-6-15-16(3)9(11)2/h4,6-8,14H,5H2,1-3H3. The van der Waals surface area contributed by atoms with Gasteiger partial charge in [-0.2, -0.15) is 5.10 Å². The molecule has 0 aromatic carbocycles. The largest absolute Gasteiger partial charge is 0.306 e. The summed E-state index contributed by atoms with van der Waals surface area (Å²) < 4.78 is 2.73. The summed E-state index contributed by atoms with van der Waals surface area (Å²) in [4.78, 5) is 0. The van der Waals surface area contributed by atoms with Gasteiger partial charge in [-0.25, -0.2) is 0 Å². The third-order valence-corrected chi connectivity index (χ3v) is 4.13. The van der Waals surface area contributed by atoms with Crippen molar-refractivity contribution in [2.24, 2.45) is 7.05 Å². The summed E-state index contributed by atoms with van der Waals surface area (Å²) in [5, 5.41) is 9.80. The van der Waals surface area contributed by atoms with Crippen LogP contribution in [0.25, 0.3) is 0 Å². The molecule has 3 nitrogen and oxygen atoms in total. The fraction of sp³-hybridized carbons (Fsp3) is 0.417. The number of hydrogen-bond donors (Lipinski definition) is 1. The van der Waals surface area contributed by atoms with Crippen molar-refractivity contribution < 1.29 is 0 Å². The molecular weight excluding hydrogens is 254 g/mol. The van der Waals surface area contributed by atoms with Gasteiger partial charge in [-0.1, -0.05) is 11.6 Å². The van der Waals surface area contributed by atoms with Crippen LogP contribution in [-0.2, 0) is 13.6 Å². The number of nitrogens with one attached hydrogen (secondary N) is 1. The maximum atomic E-state index is 5.93. The van der Waals surface area contributed by atoms with E-state index in [1.54, 1.807) is 11.3 Å². The van der Waals surface area contributed by atoms with E-state index < -0.39 is 0 Å². The molecule has 2 aromatic rings. The van der Waals surface area contributed by atoms with Gasteiger partial charge in [0.25, 0.3) is 0 Å². The lowest BCUT2D eigenvalue weighted by molar-refractivity contribution is 0.574. The molecule has 0 fully saturated rings. The fourth-order valence-electron chi connectivity index (χ4n) is 1.65. The van der Waals surface area contributed by atoms with Crippen LogP contribution in [-0.4, -0.2) is 9.78 Å². The Morgan fingerprint density at radius 1 is 1.59 bits per heavy atom. The van der Waals surface area contributed by atoms with Gasteiger partial charge in [0.2, 0.25) is 0 Å². The van der Waals surface area contributed by atoms with Crippen LogP contribution in [0.1, 0.15) is 29.8 Å². The molecule has 0 aliphatic heterocycles. The number of thiophene rings is 1. The first-order valence-electron chi connectivity index (χ1n) is 5.52. The molecular formula is C12H16ClN3S. The van der Waals surface area contributed by atoms with Gasteiger partial charge in [-0.3, -0.25) is 4.68 Å². The Kier molecular flexibility index (Phi) is 3.86. The Balaban J connectivity index is 1.96. The highest BCUT2D eigenvalue weighted by Gasteiger charge is 2.09. The number of aryl methyl sites for hydroxylation is 1. The summed E-state index contributed by atoms with van der Waals surface area (Å²) in [6, 6.07) is 2.32. The summed E-state index contributed by atoms with van der Waals surface area (Å²) in [5.41, 5.74) is 3.68. The van der Waals surface area contributed by atoms with E-state index >= 15 is 0 Å². The van der Waals surface area contributed by atoms with Crippen molar-refractivity contribution in [3.63, 3.8) is 0 Å². The van der Waals surface area contributed by atoms with Gasteiger partial charge < -0.3 is 5.32 Å². The zero-order valence-electron chi connectivity index (χ0n) is 10.2. The SMILES string of the molecule is Cc1c(CNC(C)c2csc(Cl)c2)cnn1C. The molecule has 2 heterocycles. The summed E-state index contributed by atoms with van der Waals surface area (Å²) in [7, 11) is 1.96. The third kappa shape index (κ3) is 2.89. The van der Waals surface area contributed by atoms with Crippen LogP contribution in [0.4, 0.5) is 0 Å². The van der Waals surface area contributed by atoms with Crippen LogP contribution >= 0.6 is 22.9 Å². The van der Waals surface area contributed by atoms with Crippen LogP contribution in [0, 0.1) is 6.92 Å². The van der Waals surface area contributed by atoms with Crippen molar-refractivity contribution in [2.45, 2.75) is 26.4 Å². The molecule has 0 saturated carbocycles. The van der Waals surface area contributed by atoms with Crippen molar-refractivity contribution in [2.75, 3.05) is 0 Å². The number of nitrogens with zero attached hydrogens (tertiary/aromatic N) is 2. The van der Waals surface area contributed by atoms with Crippen LogP contribution < -0.4 is 5.32 Å². The molecule has 17 heavy (non-hydrogen) atoms. The summed E-state index contributed by atoms with van der Waals surface area (Å²) in [6.45, 7) is 5.05. The van der Waals surface area contributed by atoms with Crippen molar-refractivity contribution >= 4 is 22.9 Å². The summed E-state index contributed by atoms with van der Waals surface area (Å²) in [6.07, 6.45) is 1.91.